The van der Waals surface area contributed by atoms with Crippen LogP contribution in [-0.4, -0.2) is 22.2 Å². The zero-order chi connectivity index (χ0) is 10.1. The van der Waals surface area contributed by atoms with Crippen LogP contribution in [0.3, 0.4) is 0 Å². The Kier molecular flexibility index (Phi) is 1.73. The van der Waals surface area contributed by atoms with Crippen LogP contribution in [0, 0.1) is 0 Å². The van der Waals surface area contributed by atoms with Gasteiger partial charge in [-0.1, -0.05) is 12.1 Å². The third-order valence-electron chi connectivity index (χ3n) is 1.95. The third-order valence-corrected chi connectivity index (χ3v) is 1.95. The van der Waals surface area contributed by atoms with Gasteiger partial charge in [0.2, 0.25) is 0 Å². The van der Waals surface area contributed by atoms with Crippen LogP contribution < -0.4 is 5.32 Å². The van der Waals surface area contributed by atoms with Crippen molar-refractivity contribution in [2.45, 2.75) is 0 Å². The first-order chi connectivity index (χ1) is 6.74. The van der Waals surface area contributed by atoms with E-state index in [2.05, 4.69) is 10.1 Å². The zero-order valence-electron chi connectivity index (χ0n) is 7.02. The molecule has 0 bridgehead atoms. The molecule has 0 saturated carbocycles. The van der Waals surface area contributed by atoms with Crippen molar-refractivity contribution in [2.24, 2.45) is 0 Å². The summed E-state index contributed by atoms with van der Waals surface area (Å²) in [4.78, 5) is 25.3. The van der Waals surface area contributed by atoms with Crippen molar-refractivity contribution in [3.8, 4) is 0 Å². The van der Waals surface area contributed by atoms with Gasteiger partial charge in [-0.05, 0) is 12.1 Å². The number of fused-ring (bicyclic) bond motifs is 1. The Morgan fingerprint density at radius 3 is 2.64 bits per heavy atom. The van der Waals surface area contributed by atoms with Gasteiger partial charge < -0.3 is 10.8 Å². The summed E-state index contributed by atoms with van der Waals surface area (Å²) in [5.74, 6) is -1.25. The molecule has 1 heterocycles. The Balaban J connectivity index is 2.66. The predicted molar refractivity (Wildman–Crippen MR) is 48.0 cm³/mol. The van der Waals surface area contributed by atoms with Gasteiger partial charge in [0.1, 0.15) is 0 Å². The van der Waals surface area contributed by atoms with Gasteiger partial charge in [-0.25, -0.2) is 0 Å². The van der Waals surface area contributed by atoms with Gasteiger partial charge in [0.25, 0.3) is 5.78 Å². The average molecular weight is 187 g/mol. The molecule has 1 aliphatic rings. The molecule has 0 aliphatic carbocycles. The number of Topliss-reactive ketones (excluding diaryl/α,β-unsaturated/α-hetero) is 1. The number of nitrogens with zero attached hydrogens (tertiary/aromatic N) is 2. The highest BCUT2D eigenvalue weighted by Crippen LogP contribution is 2.19. The van der Waals surface area contributed by atoms with Crippen LogP contribution in [0.2, 0.25) is 0 Å². The first-order valence-corrected chi connectivity index (χ1v) is 3.91. The van der Waals surface area contributed by atoms with E-state index in [1.165, 1.54) is 0 Å². The summed E-state index contributed by atoms with van der Waals surface area (Å²) in [7, 11) is 0. The monoisotopic (exact) mass is 187 g/mol. The first-order valence-electron chi connectivity index (χ1n) is 3.91. The van der Waals surface area contributed by atoms with E-state index in [0.717, 1.165) is 0 Å². The number of hydrogen-bond donors (Lipinski definition) is 1. The minimum atomic E-state index is -0.684. The van der Waals surface area contributed by atoms with E-state index in [1.54, 1.807) is 24.3 Å². The number of anilines is 1. The van der Waals surface area contributed by atoms with E-state index < -0.39 is 17.4 Å². The fourth-order valence-electron chi connectivity index (χ4n) is 1.29. The van der Waals surface area contributed by atoms with Crippen molar-refractivity contribution in [1.29, 1.82) is 0 Å². The van der Waals surface area contributed by atoms with Gasteiger partial charge in [0.05, 0.1) is 11.3 Å². The van der Waals surface area contributed by atoms with Crippen molar-refractivity contribution in [3.63, 3.8) is 0 Å². The van der Waals surface area contributed by atoms with Crippen molar-refractivity contribution in [3.05, 3.63) is 35.4 Å². The molecule has 0 aromatic heterocycles. The molecule has 5 nitrogen and oxygen atoms in total. The molecule has 2 rings (SSSR count). The fraction of sp³-hybridized carbons (Fsp3) is 0. The lowest BCUT2D eigenvalue weighted by Crippen LogP contribution is -2.36. The molecule has 0 unspecified atom stereocenters. The minimum absolute atomic E-state index is 0.333. The SMILES string of the molecule is [N-]=[N+]=C1C(=O)Nc2ccccc2C1=O. The second-order valence-corrected chi connectivity index (χ2v) is 2.78. The second kappa shape index (κ2) is 2.90. The summed E-state index contributed by atoms with van der Waals surface area (Å²) in [6.45, 7) is 0. The molecule has 68 valence electrons. The number of nitrogens with one attached hydrogen (secondary N) is 1. The van der Waals surface area contributed by atoms with Crippen molar-refractivity contribution in [1.82, 2.24) is 0 Å². The normalized spacial score (nSPS) is 14.4. The molecule has 0 atom stereocenters. The van der Waals surface area contributed by atoms with Crippen LogP contribution in [0.4, 0.5) is 5.69 Å². The van der Waals surface area contributed by atoms with Gasteiger partial charge in [0, 0.05) is 0 Å². The number of carbonyl (C=O) groups is 2. The molecule has 0 fully saturated rings. The minimum Gasteiger partial charge on any atom is -0.360 e. The number of benzene rings is 1. The van der Waals surface area contributed by atoms with Crippen LogP contribution in [0.5, 0.6) is 0 Å². The summed E-state index contributed by atoms with van der Waals surface area (Å²) in [5, 5.41) is 2.44. The highest BCUT2D eigenvalue weighted by Gasteiger charge is 2.36. The van der Waals surface area contributed by atoms with E-state index in [0.29, 0.717) is 11.3 Å². The van der Waals surface area contributed by atoms with Gasteiger partial charge in [0.15, 0.2) is 0 Å². The Hall–Kier alpha value is -2.26. The fourth-order valence-corrected chi connectivity index (χ4v) is 1.29. The third kappa shape index (κ3) is 1.04. The molecule has 14 heavy (non-hydrogen) atoms. The molecule has 1 amide bonds. The van der Waals surface area contributed by atoms with E-state index in [1.807, 2.05) is 0 Å². The van der Waals surface area contributed by atoms with Crippen LogP contribution in [0.15, 0.2) is 24.3 Å². The highest BCUT2D eigenvalue weighted by molar-refractivity contribution is 6.70. The first kappa shape index (κ1) is 8.34. The molecule has 1 N–H and O–H groups in total. The lowest BCUT2D eigenvalue weighted by molar-refractivity contribution is -0.114. The Bertz CT molecular complexity index is 487. The van der Waals surface area contributed by atoms with Crippen LogP contribution >= 0.6 is 0 Å². The summed E-state index contributed by atoms with van der Waals surface area (Å²) < 4.78 is 0. The number of para-hydroxylation sites is 1. The largest absolute Gasteiger partial charge is 0.426 e. The maximum atomic E-state index is 11.5. The molecule has 1 aliphatic heterocycles. The van der Waals surface area contributed by atoms with Crippen LogP contribution in [0.25, 0.3) is 5.53 Å². The Morgan fingerprint density at radius 2 is 1.93 bits per heavy atom. The molecule has 1 aromatic carbocycles. The number of rotatable bonds is 0. The van der Waals surface area contributed by atoms with E-state index in [4.69, 9.17) is 5.53 Å². The summed E-state index contributed by atoms with van der Waals surface area (Å²) in [6.07, 6.45) is 0. The van der Waals surface area contributed by atoms with Crippen LogP contribution in [-0.2, 0) is 4.79 Å². The lowest BCUT2D eigenvalue weighted by atomic mass is 10.0. The highest BCUT2D eigenvalue weighted by atomic mass is 16.2. The van der Waals surface area contributed by atoms with Crippen LogP contribution in [0.1, 0.15) is 10.4 Å². The summed E-state index contributed by atoms with van der Waals surface area (Å²) in [6, 6.07) is 6.54. The molecular weight excluding hydrogens is 182 g/mol. The van der Waals surface area contributed by atoms with E-state index in [-0.39, 0.29) is 0 Å². The molecular formula is C9H5N3O2. The predicted octanol–water partition coefficient (Wildman–Crippen LogP) is 0.492. The smallest absolute Gasteiger partial charge is 0.360 e. The molecule has 0 radical (unpaired) electrons. The van der Waals surface area contributed by atoms with E-state index in [9.17, 15) is 9.59 Å². The van der Waals surface area contributed by atoms with Crippen molar-refractivity contribution >= 4 is 23.1 Å². The number of ketones is 1. The average Bonchev–Trinajstić information content (AvgIpc) is 2.18. The summed E-state index contributed by atoms with van der Waals surface area (Å²) in [5.41, 5.74) is 8.75. The quantitative estimate of drug-likeness (QED) is 0.473. The Labute approximate surface area is 79.0 Å². The molecule has 0 saturated heterocycles. The summed E-state index contributed by atoms with van der Waals surface area (Å²) >= 11 is 0. The van der Waals surface area contributed by atoms with Gasteiger partial charge in [-0.3, -0.25) is 9.59 Å². The van der Waals surface area contributed by atoms with Gasteiger partial charge >= 0.3 is 11.6 Å². The van der Waals surface area contributed by atoms with E-state index >= 15 is 0 Å². The number of carbonyl (C=O) groups excluding carboxylic acids is 2. The second-order valence-electron chi connectivity index (χ2n) is 2.78. The topological polar surface area (TPSA) is 82.6 Å². The van der Waals surface area contributed by atoms with Crippen molar-refractivity contribution in [2.75, 3.05) is 5.32 Å². The van der Waals surface area contributed by atoms with Gasteiger partial charge in [-0.2, -0.15) is 4.79 Å². The van der Waals surface area contributed by atoms with Crippen molar-refractivity contribution < 1.29 is 14.4 Å². The molecule has 0 spiro atoms. The molecule has 5 heteroatoms. The standard InChI is InChI=1S/C9H5N3O2/c10-12-7-8(13)5-3-1-2-4-6(5)11-9(7)14/h1-4H,(H,11,14). The van der Waals surface area contributed by atoms with Gasteiger partial charge in [-0.15, -0.1) is 0 Å². The lowest BCUT2D eigenvalue weighted by Gasteiger charge is -2.11. The maximum absolute atomic E-state index is 11.5. The Morgan fingerprint density at radius 1 is 1.21 bits per heavy atom. The number of amides is 1. The number of hydrogen-bond acceptors (Lipinski definition) is 2. The molecule has 1 aromatic rings. The zero-order valence-corrected chi connectivity index (χ0v) is 7.02. The maximum Gasteiger partial charge on any atom is 0.426 e.